The number of nitrogens with zero attached hydrogens (tertiary/aromatic N) is 1. The Kier molecular flexibility index (Phi) is 6.81. The van der Waals surface area contributed by atoms with Crippen LogP contribution in [0.5, 0.6) is 0 Å². The molecule has 0 aliphatic heterocycles. The lowest BCUT2D eigenvalue weighted by molar-refractivity contribution is -0.120. The van der Waals surface area contributed by atoms with E-state index in [0.717, 1.165) is 6.07 Å². The van der Waals surface area contributed by atoms with E-state index < -0.39 is 23.4 Å². The second-order valence-electron chi connectivity index (χ2n) is 7.16. The topological polar surface area (TPSA) is 104 Å². The van der Waals surface area contributed by atoms with E-state index in [-0.39, 0.29) is 46.3 Å². The van der Waals surface area contributed by atoms with Crippen LogP contribution in [0.25, 0.3) is 0 Å². The number of imidazole rings is 1. The van der Waals surface area contributed by atoms with Gasteiger partial charge in [-0.25, -0.2) is 13.8 Å². The molecule has 0 radical (unpaired) electrons. The fourth-order valence-electron chi connectivity index (χ4n) is 3.49. The quantitative estimate of drug-likeness (QED) is 0.595. The van der Waals surface area contributed by atoms with Gasteiger partial charge in [-0.05, 0) is 31.7 Å². The summed E-state index contributed by atoms with van der Waals surface area (Å²) in [7, 11) is 0. The number of aromatic nitrogens is 2. The van der Waals surface area contributed by atoms with Crippen LogP contribution in [0.1, 0.15) is 60.0 Å². The summed E-state index contributed by atoms with van der Waals surface area (Å²) < 4.78 is 27.0. The van der Waals surface area contributed by atoms with Crippen molar-refractivity contribution in [3.05, 3.63) is 46.5 Å². The van der Waals surface area contributed by atoms with E-state index in [9.17, 15) is 23.2 Å². The SMILES string of the molecule is CCC(=O)c1nc[nH]c1C(=O)NC1CCC(C(=O)Nc2c(F)cc(F)cc2Cl)CC1. The number of Topliss-reactive ketones (excluding diaryl/α,β-unsaturated/α-hetero) is 1. The number of hydrogen-bond donors (Lipinski definition) is 3. The average Bonchev–Trinajstić information content (AvgIpc) is 3.20. The highest BCUT2D eigenvalue weighted by Crippen LogP contribution is 2.30. The van der Waals surface area contributed by atoms with Gasteiger partial charge in [0.15, 0.2) is 11.6 Å². The largest absolute Gasteiger partial charge is 0.348 e. The van der Waals surface area contributed by atoms with Crippen molar-refractivity contribution in [1.29, 1.82) is 0 Å². The normalized spacial score (nSPS) is 18.7. The number of anilines is 1. The first-order chi connectivity index (χ1) is 14.3. The van der Waals surface area contributed by atoms with Gasteiger partial charge in [0.05, 0.1) is 17.0 Å². The summed E-state index contributed by atoms with van der Waals surface area (Å²) in [6.07, 6.45) is 3.56. The van der Waals surface area contributed by atoms with Gasteiger partial charge in [0.25, 0.3) is 5.91 Å². The third-order valence-electron chi connectivity index (χ3n) is 5.14. The molecule has 0 atom stereocenters. The first-order valence-electron chi connectivity index (χ1n) is 9.63. The van der Waals surface area contributed by atoms with Crippen molar-refractivity contribution in [3.8, 4) is 0 Å². The number of nitrogens with one attached hydrogen (secondary N) is 3. The number of benzene rings is 1. The predicted molar refractivity (Wildman–Crippen MR) is 106 cm³/mol. The minimum absolute atomic E-state index is 0.112. The van der Waals surface area contributed by atoms with Crippen molar-refractivity contribution < 1.29 is 23.2 Å². The third-order valence-corrected chi connectivity index (χ3v) is 5.44. The number of carbonyl (C=O) groups excluding carboxylic acids is 3. The van der Waals surface area contributed by atoms with Crippen LogP contribution >= 0.6 is 11.6 Å². The molecule has 30 heavy (non-hydrogen) atoms. The van der Waals surface area contributed by atoms with Gasteiger partial charge >= 0.3 is 0 Å². The van der Waals surface area contributed by atoms with Gasteiger partial charge in [0.2, 0.25) is 5.91 Å². The fourth-order valence-corrected chi connectivity index (χ4v) is 3.73. The lowest BCUT2D eigenvalue weighted by Crippen LogP contribution is -2.40. The summed E-state index contributed by atoms with van der Waals surface area (Å²) >= 11 is 5.82. The highest BCUT2D eigenvalue weighted by atomic mass is 35.5. The van der Waals surface area contributed by atoms with E-state index in [0.29, 0.717) is 31.7 Å². The molecule has 1 heterocycles. The predicted octanol–water partition coefficient (Wildman–Crippen LogP) is 3.86. The molecule has 2 amide bonds. The Bertz CT molecular complexity index is 948. The maximum absolute atomic E-state index is 13.9. The Morgan fingerprint density at radius 1 is 1.20 bits per heavy atom. The number of halogens is 3. The van der Waals surface area contributed by atoms with Gasteiger partial charge in [-0.15, -0.1) is 0 Å². The van der Waals surface area contributed by atoms with E-state index in [1.807, 2.05) is 0 Å². The van der Waals surface area contributed by atoms with Crippen LogP contribution in [-0.2, 0) is 4.79 Å². The molecule has 0 saturated heterocycles. The van der Waals surface area contributed by atoms with Crippen LogP contribution in [-0.4, -0.2) is 33.6 Å². The molecular formula is C20H21ClF2N4O3. The smallest absolute Gasteiger partial charge is 0.270 e. The summed E-state index contributed by atoms with van der Waals surface area (Å²) in [5.41, 5.74) is -0.00438. The first kappa shape index (κ1) is 21.9. The maximum Gasteiger partial charge on any atom is 0.270 e. The second-order valence-corrected chi connectivity index (χ2v) is 7.57. The van der Waals surface area contributed by atoms with Crippen molar-refractivity contribution in [2.24, 2.45) is 5.92 Å². The Labute approximate surface area is 176 Å². The van der Waals surface area contributed by atoms with E-state index in [2.05, 4.69) is 20.6 Å². The van der Waals surface area contributed by atoms with Gasteiger partial charge in [0.1, 0.15) is 17.2 Å². The zero-order chi connectivity index (χ0) is 21.8. The summed E-state index contributed by atoms with van der Waals surface area (Å²) in [6.45, 7) is 1.69. The van der Waals surface area contributed by atoms with Crippen LogP contribution in [0.4, 0.5) is 14.5 Å². The molecular weight excluding hydrogens is 418 g/mol. The molecule has 1 aliphatic rings. The zero-order valence-electron chi connectivity index (χ0n) is 16.2. The minimum Gasteiger partial charge on any atom is -0.348 e. The molecule has 1 aliphatic carbocycles. The minimum atomic E-state index is -0.939. The van der Waals surface area contributed by atoms with Crippen molar-refractivity contribution in [2.45, 2.75) is 45.1 Å². The zero-order valence-corrected chi connectivity index (χ0v) is 17.0. The molecule has 2 aromatic rings. The molecule has 1 aromatic heterocycles. The molecule has 10 heteroatoms. The Hall–Kier alpha value is -2.81. The van der Waals surface area contributed by atoms with Gasteiger partial charge in [-0.1, -0.05) is 18.5 Å². The molecule has 1 fully saturated rings. The number of H-pyrrole nitrogens is 1. The van der Waals surface area contributed by atoms with E-state index in [1.165, 1.54) is 6.33 Å². The average molecular weight is 439 g/mol. The van der Waals surface area contributed by atoms with Gasteiger partial charge in [0, 0.05) is 24.4 Å². The van der Waals surface area contributed by atoms with Gasteiger partial charge < -0.3 is 15.6 Å². The van der Waals surface area contributed by atoms with Gasteiger partial charge in [-0.3, -0.25) is 14.4 Å². The maximum atomic E-state index is 13.9. The van der Waals surface area contributed by atoms with E-state index in [1.54, 1.807) is 6.92 Å². The van der Waals surface area contributed by atoms with Crippen molar-refractivity contribution in [1.82, 2.24) is 15.3 Å². The van der Waals surface area contributed by atoms with Crippen LogP contribution in [0.3, 0.4) is 0 Å². The van der Waals surface area contributed by atoms with E-state index >= 15 is 0 Å². The Morgan fingerprint density at radius 2 is 1.90 bits per heavy atom. The molecule has 0 spiro atoms. The number of aromatic amines is 1. The summed E-state index contributed by atoms with van der Waals surface area (Å²) in [4.78, 5) is 43.4. The van der Waals surface area contributed by atoms with Gasteiger partial charge in [-0.2, -0.15) is 0 Å². The summed E-state index contributed by atoms with van der Waals surface area (Å²) in [5.74, 6) is -3.20. The summed E-state index contributed by atoms with van der Waals surface area (Å²) in [5, 5.41) is 5.08. The number of carbonyl (C=O) groups is 3. The number of ketones is 1. The van der Waals surface area contributed by atoms with Crippen LogP contribution in [0.15, 0.2) is 18.5 Å². The Morgan fingerprint density at radius 3 is 2.53 bits per heavy atom. The number of hydrogen-bond acceptors (Lipinski definition) is 4. The molecule has 7 nitrogen and oxygen atoms in total. The molecule has 3 N–H and O–H groups in total. The number of rotatable bonds is 6. The lowest BCUT2D eigenvalue weighted by Gasteiger charge is -2.28. The van der Waals surface area contributed by atoms with Crippen LogP contribution < -0.4 is 10.6 Å². The highest BCUT2D eigenvalue weighted by Gasteiger charge is 2.29. The second kappa shape index (κ2) is 9.34. The molecule has 1 aromatic carbocycles. The monoisotopic (exact) mass is 438 g/mol. The standard InChI is InChI=1S/C20H21ClF2N4O3/c1-2-15(28)17-18(25-9-24-17)20(30)26-12-5-3-10(4-6-12)19(29)27-16-13(21)7-11(22)8-14(16)23/h7-10,12H,2-6H2,1H3,(H,24,25)(H,26,30)(H,27,29). The molecule has 0 unspecified atom stereocenters. The Balaban J connectivity index is 1.55. The highest BCUT2D eigenvalue weighted by molar-refractivity contribution is 6.33. The summed E-state index contributed by atoms with van der Waals surface area (Å²) in [6, 6.07) is 1.42. The molecule has 1 saturated carbocycles. The van der Waals surface area contributed by atoms with E-state index in [4.69, 9.17) is 11.6 Å². The van der Waals surface area contributed by atoms with Crippen molar-refractivity contribution in [2.75, 3.05) is 5.32 Å². The van der Waals surface area contributed by atoms with Crippen LogP contribution in [0.2, 0.25) is 5.02 Å². The van der Waals surface area contributed by atoms with Crippen LogP contribution in [0, 0.1) is 17.6 Å². The lowest BCUT2D eigenvalue weighted by atomic mass is 9.85. The fraction of sp³-hybridized carbons (Fsp3) is 0.400. The molecule has 3 rings (SSSR count). The van der Waals surface area contributed by atoms with Crippen molar-refractivity contribution in [3.63, 3.8) is 0 Å². The van der Waals surface area contributed by atoms with Crippen molar-refractivity contribution >= 4 is 34.9 Å². The third kappa shape index (κ3) is 4.84. The molecule has 0 bridgehead atoms. The number of amides is 2. The first-order valence-corrected chi connectivity index (χ1v) is 10.0. The molecule has 160 valence electrons.